The average Bonchev–Trinajstić information content (AvgIpc) is 3.44. The summed E-state index contributed by atoms with van der Waals surface area (Å²) in [6, 6.07) is 12.4. The maximum atomic E-state index is 13.4. The quantitative estimate of drug-likeness (QED) is 0.518. The number of nitrogens with one attached hydrogen (secondary N) is 2. The molecule has 0 radical (unpaired) electrons. The Bertz CT molecular complexity index is 1510. The van der Waals surface area contributed by atoms with Crippen LogP contribution in [0.25, 0.3) is 0 Å². The highest BCUT2D eigenvalue weighted by molar-refractivity contribution is 6.06. The van der Waals surface area contributed by atoms with Crippen LogP contribution in [0.15, 0.2) is 60.9 Å². The van der Waals surface area contributed by atoms with E-state index in [0.717, 1.165) is 21.6 Å². The minimum absolute atomic E-state index is 0.162. The predicted octanol–water partition coefficient (Wildman–Crippen LogP) is 3.53. The monoisotopic (exact) mass is 549 g/mol. The van der Waals surface area contributed by atoms with Crippen LogP contribution >= 0.6 is 0 Å². The van der Waals surface area contributed by atoms with Crippen LogP contribution in [0.3, 0.4) is 0 Å². The van der Waals surface area contributed by atoms with Gasteiger partial charge in [-0.05, 0) is 43.0 Å². The molecule has 6 rings (SSSR count). The first-order chi connectivity index (χ1) is 19.1. The molecule has 40 heavy (non-hydrogen) atoms. The van der Waals surface area contributed by atoms with Crippen LogP contribution in [-0.2, 0) is 27.8 Å². The Hall–Kier alpha value is -4.28. The molecular formula is C29H26F3N5O3. The maximum absolute atomic E-state index is 13.4. The topological polar surface area (TPSA) is 104 Å². The van der Waals surface area contributed by atoms with Gasteiger partial charge >= 0.3 is 6.18 Å². The largest absolute Gasteiger partial charge is 0.406 e. The third-order valence-electron chi connectivity index (χ3n) is 8.30. The summed E-state index contributed by atoms with van der Waals surface area (Å²) in [7, 11) is 0. The first kappa shape index (κ1) is 26.0. The molecule has 4 atom stereocenters. The van der Waals surface area contributed by atoms with Crippen molar-refractivity contribution in [2.45, 2.75) is 55.8 Å². The van der Waals surface area contributed by atoms with E-state index in [4.69, 9.17) is 0 Å². The summed E-state index contributed by atoms with van der Waals surface area (Å²) in [5.41, 5.74) is 2.30. The smallest absolute Gasteiger partial charge is 0.340 e. The number of aromatic nitrogens is 2. The SMILES string of the molecule is CC1C(c2ccccc2)CC(NC(=O)c2cnc3c(c2)C[C@@]2(C3)C(=O)Nc3ncccc32)C(=O)N1CC(F)(F)F. The highest BCUT2D eigenvalue weighted by Gasteiger charge is 2.52. The summed E-state index contributed by atoms with van der Waals surface area (Å²) < 4.78 is 40.3. The lowest BCUT2D eigenvalue weighted by atomic mass is 9.80. The molecule has 8 nitrogen and oxygen atoms in total. The van der Waals surface area contributed by atoms with Gasteiger partial charge < -0.3 is 15.5 Å². The fraction of sp³-hybridized carbons (Fsp3) is 0.345. The Balaban J connectivity index is 1.25. The summed E-state index contributed by atoms with van der Waals surface area (Å²) in [5.74, 6) is -1.45. The van der Waals surface area contributed by atoms with Crippen molar-refractivity contribution in [2.75, 3.05) is 11.9 Å². The van der Waals surface area contributed by atoms with Crippen molar-refractivity contribution in [3.63, 3.8) is 0 Å². The fourth-order valence-electron chi connectivity index (χ4n) is 6.30. The number of amides is 3. The Morgan fingerprint density at radius 2 is 1.90 bits per heavy atom. The number of likely N-dealkylation sites (tertiary alicyclic amines) is 1. The molecule has 1 aromatic carbocycles. The lowest BCUT2D eigenvalue weighted by Crippen LogP contribution is -2.59. The minimum Gasteiger partial charge on any atom is -0.340 e. The van der Waals surface area contributed by atoms with E-state index >= 15 is 0 Å². The van der Waals surface area contributed by atoms with Gasteiger partial charge in [0.05, 0.1) is 11.0 Å². The van der Waals surface area contributed by atoms with Gasteiger partial charge in [0, 0.05) is 42.0 Å². The fourth-order valence-corrected chi connectivity index (χ4v) is 6.30. The minimum atomic E-state index is -4.59. The zero-order valence-corrected chi connectivity index (χ0v) is 21.5. The summed E-state index contributed by atoms with van der Waals surface area (Å²) >= 11 is 0. The van der Waals surface area contributed by atoms with Crippen molar-refractivity contribution in [3.05, 3.63) is 88.9 Å². The van der Waals surface area contributed by atoms with Gasteiger partial charge in [-0.1, -0.05) is 36.4 Å². The Morgan fingerprint density at radius 1 is 1.12 bits per heavy atom. The van der Waals surface area contributed by atoms with Gasteiger partial charge in [0.2, 0.25) is 11.8 Å². The van der Waals surface area contributed by atoms with Gasteiger partial charge in [-0.15, -0.1) is 0 Å². The molecule has 2 aliphatic heterocycles. The van der Waals surface area contributed by atoms with Crippen LogP contribution in [0.4, 0.5) is 19.0 Å². The zero-order chi connectivity index (χ0) is 28.2. The summed E-state index contributed by atoms with van der Waals surface area (Å²) in [6.45, 7) is 0.204. The number of halogens is 3. The summed E-state index contributed by atoms with van der Waals surface area (Å²) in [6.07, 6.45) is -0.753. The number of rotatable bonds is 4. The molecule has 11 heteroatoms. The third kappa shape index (κ3) is 4.39. The van der Waals surface area contributed by atoms with Crippen molar-refractivity contribution in [2.24, 2.45) is 0 Å². The standard InChI is InChI=1S/C29H26F3N5O3/c1-16-20(17-6-3-2-4-7-17)11-22(26(39)37(16)15-29(30,31)32)35-25(38)19-10-18-12-28(13-23(18)34-14-19)21-8-5-9-33-24(21)36-27(28)40/h2-10,14,16,20,22H,11-13,15H2,1H3,(H,35,38)(H,33,36,40)/t16?,20?,22?,28-/m0/s1. The zero-order valence-electron chi connectivity index (χ0n) is 21.5. The van der Waals surface area contributed by atoms with E-state index in [9.17, 15) is 27.6 Å². The Kier molecular flexibility index (Phi) is 6.12. The number of hydrogen-bond acceptors (Lipinski definition) is 5. The molecule has 2 aromatic heterocycles. The second-order valence-electron chi connectivity index (χ2n) is 10.7. The molecule has 2 N–H and O–H groups in total. The molecule has 0 bridgehead atoms. The van der Waals surface area contributed by atoms with Gasteiger partial charge in [0.15, 0.2) is 0 Å². The van der Waals surface area contributed by atoms with Crippen molar-refractivity contribution in [3.8, 4) is 0 Å². The third-order valence-corrected chi connectivity index (χ3v) is 8.30. The van der Waals surface area contributed by atoms with Gasteiger partial charge in [-0.3, -0.25) is 19.4 Å². The van der Waals surface area contributed by atoms with Crippen LogP contribution in [-0.4, -0.2) is 57.4 Å². The van der Waals surface area contributed by atoms with E-state index in [1.54, 1.807) is 37.4 Å². The van der Waals surface area contributed by atoms with Crippen LogP contribution in [0.1, 0.15) is 52.0 Å². The molecule has 1 spiro atoms. The molecule has 3 aliphatic rings. The van der Waals surface area contributed by atoms with E-state index in [2.05, 4.69) is 20.6 Å². The number of carbonyl (C=O) groups excluding carboxylic acids is 3. The lowest BCUT2D eigenvalue weighted by molar-refractivity contribution is -0.170. The molecule has 0 saturated carbocycles. The number of carbonyl (C=O) groups is 3. The normalized spacial score (nSPS) is 25.5. The Labute approximate surface area is 228 Å². The number of nitrogens with zero attached hydrogens (tertiary/aromatic N) is 3. The highest BCUT2D eigenvalue weighted by Crippen LogP contribution is 2.46. The molecule has 1 aliphatic carbocycles. The molecule has 206 valence electrons. The van der Waals surface area contributed by atoms with Crippen molar-refractivity contribution >= 4 is 23.5 Å². The van der Waals surface area contributed by atoms with E-state index in [-0.39, 0.29) is 17.9 Å². The number of piperidine rings is 1. The molecule has 3 unspecified atom stereocenters. The van der Waals surface area contributed by atoms with Crippen LogP contribution in [0, 0.1) is 0 Å². The maximum Gasteiger partial charge on any atom is 0.406 e. The number of anilines is 1. The van der Waals surface area contributed by atoms with Crippen molar-refractivity contribution in [1.29, 1.82) is 0 Å². The number of fused-ring (bicyclic) bond motifs is 3. The van der Waals surface area contributed by atoms with Crippen molar-refractivity contribution in [1.82, 2.24) is 20.2 Å². The van der Waals surface area contributed by atoms with Crippen molar-refractivity contribution < 1.29 is 27.6 Å². The first-order valence-electron chi connectivity index (χ1n) is 13.0. The molecule has 4 heterocycles. The number of pyridine rings is 2. The average molecular weight is 550 g/mol. The van der Waals surface area contributed by atoms with Gasteiger partial charge in [0.25, 0.3) is 5.91 Å². The second kappa shape index (κ2) is 9.42. The van der Waals surface area contributed by atoms with Gasteiger partial charge in [0.1, 0.15) is 18.4 Å². The molecule has 1 fully saturated rings. The second-order valence-corrected chi connectivity index (χ2v) is 10.7. The van der Waals surface area contributed by atoms with Gasteiger partial charge in [-0.2, -0.15) is 13.2 Å². The van der Waals surface area contributed by atoms with Crippen LogP contribution in [0.5, 0.6) is 0 Å². The van der Waals surface area contributed by atoms with E-state index in [1.165, 1.54) is 6.20 Å². The molecule has 3 aromatic rings. The molecule has 1 saturated heterocycles. The summed E-state index contributed by atoms with van der Waals surface area (Å²) in [5, 5.41) is 5.49. The number of alkyl halides is 3. The first-order valence-corrected chi connectivity index (χ1v) is 13.0. The number of benzene rings is 1. The number of hydrogen-bond donors (Lipinski definition) is 2. The van der Waals surface area contributed by atoms with E-state index in [0.29, 0.717) is 24.4 Å². The molecular weight excluding hydrogens is 523 g/mol. The van der Waals surface area contributed by atoms with E-state index in [1.807, 2.05) is 24.3 Å². The summed E-state index contributed by atoms with van der Waals surface area (Å²) in [4.78, 5) is 49.0. The van der Waals surface area contributed by atoms with Crippen LogP contribution in [0.2, 0.25) is 0 Å². The van der Waals surface area contributed by atoms with Crippen LogP contribution < -0.4 is 10.6 Å². The van der Waals surface area contributed by atoms with E-state index < -0.39 is 48.0 Å². The van der Waals surface area contributed by atoms with Gasteiger partial charge in [-0.25, -0.2) is 4.98 Å². The predicted molar refractivity (Wildman–Crippen MR) is 138 cm³/mol. The highest BCUT2D eigenvalue weighted by atomic mass is 19.4. The Morgan fingerprint density at radius 3 is 2.65 bits per heavy atom. The molecule has 3 amide bonds. The lowest BCUT2D eigenvalue weighted by Gasteiger charge is -2.43.